The van der Waals surface area contributed by atoms with E-state index in [1.165, 1.54) is 25.4 Å². The first-order valence-electron chi connectivity index (χ1n) is 13.3. The van der Waals surface area contributed by atoms with Crippen LogP contribution in [0.1, 0.15) is 32.2 Å². The summed E-state index contributed by atoms with van der Waals surface area (Å²) in [6.45, 7) is 7.43. The summed E-state index contributed by atoms with van der Waals surface area (Å²) in [6, 6.07) is 16.7. The highest BCUT2D eigenvalue weighted by atomic mass is 32.2. The lowest BCUT2D eigenvalue weighted by Gasteiger charge is -2.20. The summed E-state index contributed by atoms with van der Waals surface area (Å²) in [5, 5.41) is 2.55. The minimum absolute atomic E-state index is 0.0375. The lowest BCUT2D eigenvalue weighted by atomic mass is 9.87. The molecule has 0 saturated carbocycles. The first-order chi connectivity index (χ1) is 20.5. The van der Waals surface area contributed by atoms with E-state index in [2.05, 4.69) is 25.0 Å². The largest absolute Gasteiger partial charge is 0.493 e. The number of nitrogens with one attached hydrogen (secondary N) is 2. The molecular formula is C30H33N5O7S. The Bertz CT molecular complexity index is 1660. The number of nitrogens with zero attached hydrogens (tertiary/aromatic N) is 3. The molecule has 4 aromatic rings. The van der Waals surface area contributed by atoms with E-state index in [4.69, 9.17) is 18.9 Å². The van der Waals surface area contributed by atoms with Crippen LogP contribution < -0.4 is 24.2 Å². The molecule has 4 rings (SSSR count). The van der Waals surface area contributed by atoms with Gasteiger partial charge in [0, 0.05) is 6.20 Å². The summed E-state index contributed by atoms with van der Waals surface area (Å²) in [7, 11) is -2.62. The number of para-hydroxylation sites is 2. The van der Waals surface area contributed by atoms with Crippen molar-refractivity contribution in [3.8, 4) is 23.1 Å². The van der Waals surface area contributed by atoms with Crippen molar-refractivity contribution in [3.05, 3.63) is 84.4 Å². The van der Waals surface area contributed by atoms with Crippen molar-refractivity contribution in [2.24, 2.45) is 0 Å². The molecule has 0 radical (unpaired) electrons. The summed E-state index contributed by atoms with van der Waals surface area (Å²) < 4.78 is 51.9. The van der Waals surface area contributed by atoms with Crippen molar-refractivity contribution >= 4 is 27.6 Å². The molecule has 2 aromatic carbocycles. The molecule has 0 saturated heterocycles. The van der Waals surface area contributed by atoms with Crippen LogP contribution in [0.3, 0.4) is 0 Å². The van der Waals surface area contributed by atoms with Crippen LogP contribution in [0.2, 0.25) is 0 Å². The van der Waals surface area contributed by atoms with Crippen molar-refractivity contribution in [2.45, 2.75) is 38.0 Å². The molecule has 0 fully saturated rings. The van der Waals surface area contributed by atoms with E-state index in [-0.39, 0.29) is 52.5 Å². The van der Waals surface area contributed by atoms with Gasteiger partial charge in [-0.2, -0.15) is 4.98 Å². The van der Waals surface area contributed by atoms with Gasteiger partial charge in [0.2, 0.25) is 5.75 Å². The molecule has 1 amide bonds. The van der Waals surface area contributed by atoms with Crippen molar-refractivity contribution in [1.82, 2.24) is 15.0 Å². The third-order valence-corrected chi connectivity index (χ3v) is 7.31. The number of rotatable bonds is 11. The second kappa shape index (κ2) is 13.4. The van der Waals surface area contributed by atoms with Crippen LogP contribution in [0, 0.1) is 6.92 Å². The second-order valence-electron chi connectivity index (χ2n) is 10.2. The van der Waals surface area contributed by atoms with E-state index < -0.39 is 16.1 Å². The lowest BCUT2D eigenvalue weighted by Crippen LogP contribution is -2.19. The quantitative estimate of drug-likeness (QED) is 0.203. The van der Waals surface area contributed by atoms with Crippen molar-refractivity contribution < 1.29 is 32.2 Å². The minimum Gasteiger partial charge on any atom is -0.493 e. The van der Waals surface area contributed by atoms with Gasteiger partial charge in [-0.05, 0) is 54.3 Å². The number of hydrogen-bond acceptors (Lipinski definition) is 10. The van der Waals surface area contributed by atoms with Crippen LogP contribution in [0.5, 0.6) is 23.1 Å². The van der Waals surface area contributed by atoms with Crippen LogP contribution in [-0.2, 0) is 20.2 Å². The first-order valence-corrected chi connectivity index (χ1v) is 14.7. The third kappa shape index (κ3) is 8.32. The fourth-order valence-electron chi connectivity index (χ4n) is 3.79. The third-order valence-electron chi connectivity index (χ3n) is 5.95. The molecular weight excluding hydrogens is 574 g/mol. The van der Waals surface area contributed by atoms with E-state index in [0.29, 0.717) is 11.4 Å². The zero-order chi connectivity index (χ0) is 31.0. The van der Waals surface area contributed by atoms with Crippen LogP contribution in [-0.4, -0.2) is 49.8 Å². The number of amides is 1. The Morgan fingerprint density at radius 3 is 2.30 bits per heavy atom. The highest BCUT2D eigenvalue weighted by molar-refractivity contribution is 7.92. The number of anilines is 2. The first kappa shape index (κ1) is 31.0. The van der Waals surface area contributed by atoms with Gasteiger partial charge >= 0.3 is 6.09 Å². The molecule has 12 nitrogen and oxygen atoms in total. The van der Waals surface area contributed by atoms with Gasteiger partial charge < -0.3 is 18.9 Å². The molecule has 0 aliphatic heterocycles. The Hall–Kier alpha value is -4.91. The predicted molar refractivity (Wildman–Crippen MR) is 160 cm³/mol. The minimum atomic E-state index is -4.10. The maximum absolute atomic E-state index is 13.4. The molecule has 2 heterocycles. The summed E-state index contributed by atoms with van der Waals surface area (Å²) in [4.78, 5) is 24.7. The van der Waals surface area contributed by atoms with E-state index in [1.807, 2.05) is 20.8 Å². The Kier molecular flexibility index (Phi) is 9.66. The summed E-state index contributed by atoms with van der Waals surface area (Å²) in [5.74, 6) is 0.530. The maximum Gasteiger partial charge on any atom is 0.411 e. The number of sulfonamides is 1. The van der Waals surface area contributed by atoms with Crippen LogP contribution in [0.25, 0.3) is 0 Å². The number of ether oxygens (including phenoxy) is 4. The van der Waals surface area contributed by atoms with Gasteiger partial charge in [0.25, 0.3) is 15.9 Å². The Morgan fingerprint density at radius 1 is 0.930 bits per heavy atom. The normalized spacial score (nSPS) is 11.4. The molecule has 0 unspecified atom stereocenters. The number of aromatic nitrogens is 3. The van der Waals surface area contributed by atoms with Gasteiger partial charge in [-0.25, -0.2) is 18.2 Å². The number of benzene rings is 2. The van der Waals surface area contributed by atoms with Gasteiger partial charge in [0.1, 0.15) is 19.0 Å². The second-order valence-corrected chi connectivity index (χ2v) is 11.9. The fraction of sp³-hybridized carbons (Fsp3) is 0.267. The van der Waals surface area contributed by atoms with Crippen LogP contribution in [0.4, 0.5) is 16.3 Å². The molecule has 13 heteroatoms. The van der Waals surface area contributed by atoms with Gasteiger partial charge in [0.15, 0.2) is 17.3 Å². The molecule has 0 spiro atoms. The van der Waals surface area contributed by atoms with Crippen molar-refractivity contribution in [2.75, 3.05) is 30.4 Å². The van der Waals surface area contributed by atoms with E-state index >= 15 is 0 Å². The average Bonchev–Trinajstić information content (AvgIpc) is 2.97. The topological polar surface area (TPSA) is 151 Å². The fourth-order valence-corrected chi connectivity index (χ4v) is 4.80. The van der Waals surface area contributed by atoms with Crippen LogP contribution in [0.15, 0.2) is 78.0 Å². The number of aryl methyl sites for hydroxylation is 1. The van der Waals surface area contributed by atoms with Crippen molar-refractivity contribution in [1.29, 1.82) is 0 Å². The monoisotopic (exact) mass is 607 g/mol. The summed E-state index contributed by atoms with van der Waals surface area (Å²) >= 11 is 0. The molecule has 2 aromatic heterocycles. The SMILES string of the molecule is COc1ccccc1Oc1c(NS(=O)(=O)c2ccc(C(C)(C)C)cc2)nc(C)nc1OCCOC(=O)Nc1cccnc1. The highest BCUT2D eigenvalue weighted by Gasteiger charge is 2.25. The van der Waals surface area contributed by atoms with E-state index in [0.717, 1.165) is 5.56 Å². The zero-order valence-corrected chi connectivity index (χ0v) is 25.3. The zero-order valence-electron chi connectivity index (χ0n) is 24.5. The highest BCUT2D eigenvalue weighted by Crippen LogP contribution is 2.40. The van der Waals surface area contributed by atoms with E-state index in [9.17, 15) is 13.2 Å². The number of carbonyl (C=O) groups is 1. The number of methoxy groups -OCH3 is 1. The molecule has 0 aliphatic rings. The van der Waals surface area contributed by atoms with Crippen LogP contribution >= 0.6 is 0 Å². The van der Waals surface area contributed by atoms with Crippen molar-refractivity contribution in [3.63, 3.8) is 0 Å². The van der Waals surface area contributed by atoms with Gasteiger partial charge in [-0.3, -0.25) is 15.0 Å². The molecule has 226 valence electrons. The van der Waals surface area contributed by atoms with Gasteiger partial charge in [-0.15, -0.1) is 0 Å². The smallest absolute Gasteiger partial charge is 0.411 e. The maximum atomic E-state index is 13.4. The number of hydrogen-bond donors (Lipinski definition) is 2. The number of carbonyl (C=O) groups excluding carboxylic acids is 1. The Balaban J connectivity index is 1.59. The molecule has 0 bridgehead atoms. The lowest BCUT2D eigenvalue weighted by molar-refractivity contribution is 0.135. The standard InChI is InChI=1S/C30H33N5O7S/c1-20-32-27(35-43(37,38)23-14-12-21(13-15-23)30(2,3)4)26(42-25-11-7-6-10-24(25)39-5)28(33-20)40-17-18-41-29(36)34-22-9-8-16-31-19-22/h6-16,19H,17-18H2,1-5H3,(H,34,36)(H,32,33,35). The molecule has 43 heavy (non-hydrogen) atoms. The van der Waals surface area contributed by atoms with E-state index in [1.54, 1.807) is 61.7 Å². The molecule has 0 aliphatic carbocycles. The Labute approximate surface area is 250 Å². The Morgan fingerprint density at radius 2 is 1.65 bits per heavy atom. The summed E-state index contributed by atoms with van der Waals surface area (Å²) in [5.41, 5.74) is 1.30. The molecule has 0 atom stereocenters. The average molecular weight is 608 g/mol. The predicted octanol–water partition coefficient (Wildman–Crippen LogP) is 5.71. The van der Waals surface area contributed by atoms with Gasteiger partial charge in [0.05, 0.1) is 23.9 Å². The number of pyridine rings is 1. The van der Waals surface area contributed by atoms with Gasteiger partial charge in [-0.1, -0.05) is 45.0 Å². The molecule has 2 N–H and O–H groups in total. The summed E-state index contributed by atoms with van der Waals surface area (Å²) in [6.07, 6.45) is 2.35.